The Balaban J connectivity index is 2.26. The van der Waals surface area contributed by atoms with Crippen molar-refractivity contribution in [2.24, 2.45) is 0 Å². The molecule has 0 fully saturated rings. The van der Waals surface area contributed by atoms with Crippen molar-refractivity contribution in [1.29, 1.82) is 0 Å². The van der Waals surface area contributed by atoms with Crippen LogP contribution in [0.25, 0.3) is 0 Å². The van der Waals surface area contributed by atoms with Crippen LogP contribution in [-0.4, -0.2) is 12.4 Å². The second kappa shape index (κ2) is 4.58. The molecule has 0 unspecified atom stereocenters. The van der Waals surface area contributed by atoms with Crippen molar-refractivity contribution in [3.05, 3.63) is 40.6 Å². The van der Waals surface area contributed by atoms with Gasteiger partial charge in [0, 0.05) is 5.56 Å². The summed E-state index contributed by atoms with van der Waals surface area (Å²) in [6.45, 7) is 0.597. The van der Waals surface area contributed by atoms with Gasteiger partial charge in [0.15, 0.2) is 5.76 Å². The van der Waals surface area contributed by atoms with Crippen LogP contribution in [0.15, 0.2) is 30.0 Å². The highest BCUT2D eigenvalue weighted by Gasteiger charge is 2.16. The standard InChI is InChI=1S/C12H12ClNO2/c13-9-7-8(4-5-10(9)14)12(15)11-3-1-2-6-16-11/h3-5,7H,1-2,6,14H2. The van der Waals surface area contributed by atoms with Gasteiger partial charge in [0.05, 0.1) is 17.3 Å². The van der Waals surface area contributed by atoms with Crippen LogP contribution in [0.2, 0.25) is 5.02 Å². The first kappa shape index (κ1) is 11.0. The number of anilines is 1. The summed E-state index contributed by atoms with van der Waals surface area (Å²) in [6.07, 6.45) is 3.65. The second-order valence-electron chi connectivity index (χ2n) is 3.62. The number of benzene rings is 1. The molecule has 1 aromatic carbocycles. The number of carbonyl (C=O) groups is 1. The molecule has 2 N–H and O–H groups in total. The number of allylic oxidation sites excluding steroid dienone is 2. The van der Waals surface area contributed by atoms with Crippen LogP contribution in [0.5, 0.6) is 0 Å². The summed E-state index contributed by atoms with van der Waals surface area (Å²) in [5.41, 5.74) is 6.55. The van der Waals surface area contributed by atoms with Crippen LogP contribution in [0, 0.1) is 0 Å². The SMILES string of the molecule is Nc1ccc(C(=O)C2=CCCCO2)cc1Cl. The van der Waals surface area contributed by atoms with E-state index in [1.54, 1.807) is 18.2 Å². The number of halogens is 1. The molecule has 1 aromatic rings. The highest BCUT2D eigenvalue weighted by molar-refractivity contribution is 6.33. The van der Waals surface area contributed by atoms with Crippen molar-refractivity contribution in [1.82, 2.24) is 0 Å². The third-order valence-electron chi connectivity index (χ3n) is 2.42. The van der Waals surface area contributed by atoms with E-state index in [1.807, 2.05) is 6.08 Å². The van der Waals surface area contributed by atoms with Crippen LogP contribution in [-0.2, 0) is 4.74 Å². The number of hydrogen-bond acceptors (Lipinski definition) is 3. The Labute approximate surface area is 98.8 Å². The number of rotatable bonds is 2. The predicted octanol–water partition coefficient (Wildman–Crippen LogP) is 2.80. The highest BCUT2D eigenvalue weighted by Crippen LogP contribution is 2.22. The van der Waals surface area contributed by atoms with Crippen LogP contribution < -0.4 is 5.73 Å². The topological polar surface area (TPSA) is 52.3 Å². The maximum absolute atomic E-state index is 12.0. The molecule has 0 aromatic heterocycles. The van der Waals surface area contributed by atoms with Gasteiger partial charge in [0.2, 0.25) is 5.78 Å². The van der Waals surface area contributed by atoms with E-state index in [4.69, 9.17) is 22.1 Å². The van der Waals surface area contributed by atoms with E-state index < -0.39 is 0 Å². The second-order valence-corrected chi connectivity index (χ2v) is 4.03. The average Bonchev–Trinajstić information content (AvgIpc) is 2.33. The first-order valence-corrected chi connectivity index (χ1v) is 5.49. The van der Waals surface area contributed by atoms with Crippen molar-refractivity contribution < 1.29 is 9.53 Å². The van der Waals surface area contributed by atoms with Crippen LogP contribution in [0.3, 0.4) is 0 Å². The first-order valence-electron chi connectivity index (χ1n) is 5.11. The summed E-state index contributed by atoms with van der Waals surface area (Å²) < 4.78 is 5.30. The molecule has 1 heterocycles. The van der Waals surface area contributed by atoms with Gasteiger partial charge in [-0.25, -0.2) is 0 Å². The smallest absolute Gasteiger partial charge is 0.227 e. The van der Waals surface area contributed by atoms with Gasteiger partial charge in [0.1, 0.15) is 0 Å². The van der Waals surface area contributed by atoms with Gasteiger partial charge in [-0.2, -0.15) is 0 Å². The van der Waals surface area contributed by atoms with E-state index in [-0.39, 0.29) is 5.78 Å². The third-order valence-corrected chi connectivity index (χ3v) is 2.75. The van der Waals surface area contributed by atoms with E-state index in [0.29, 0.717) is 28.6 Å². The summed E-state index contributed by atoms with van der Waals surface area (Å²) in [5.74, 6) is 0.272. The number of ketones is 1. The Bertz CT molecular complexity index is 454. The Hall–Kier alpha value is -1.48. The fourth-order valence-electron chi connectivity index (χ4n) is 1.53. The molecule has 0 saturated heterocycles. The van der Waals surface area contributed by atoms with Crippen LogP contribution in [0.1, 0.15) is 23.2 Å². The van der Waals surface area contributed by atoms with Crippen molar-refractivity contribution >= 4 is 23.1 Å². The first-order chi connectivity index (χ1) is 7.68. The van der Waals surface area contributed by atoms with Gasteiger partial charge in [-0.05, 0) is 37.1 Å². The number of ether oxygens (including phenoxy) is 1. The molecule has 0 saturated carbocycles. The average molecular weight is 238 g/mol. The van der Waals surface area contributed by atoms with Crippen molar-refractivity contribution in [2.75, 3.05) is 12.3 Å². The number of nitrogen functional groups attached to an aromatic ring is 1. The van der Waals surface area contributed by atoms with Crippen LogP contribution in [0.4, 0.5) is 5.69 Å². The van der Waals surface area contributed by atoms with Gasteiger partial charge in [-0.3, -0.25) is 4.79 Å². The molecule has 84 valence electrons. The molecule has 0 amide bonds. The number of nitrogens with two attached hydrogens (primary N) is 1. The number of hydrogen-bond donors (Lipinski definition) is 1. The van der Waals surface area contributed by atoms with Gasteiger partial charge in [0.25, 0.3) is 0 Å². The molecule has 0 radical (unpaired) electrons. The van der Waals surface area contributed by atoms with Crippen molar-refractivity contribution in [3.63, 3.8) is 0 Å². The lowest BCUT2D eigenvalue weighted by atomic mass is 10.1. The molecule has 16 heavy (non-hydrogen) atoms. The monoisotopic (exact) mass is 237 g/mol. The Morgan fingerprint density at radius 2 is 2.25 bits per heavy atom. The van der Waals surface area contributed by atoms with E-state index >= 15 is 0 Å². The largest absolute Gasteiger partial charge is 0.490 e. The minimum atomic E-state index is -0.137. The fraction of sp³-hybridized carbons (Fsp3) is 0.250. The van der Waals surface area contributed by atoms with Gasteiger partial charge in [-0.15, -0.1) is 0 Å². The van der Waals surface area contributed by atoms with Gasteiger partial charge < -0.3 is 10.5 Å². The Kier molecular flexibility index (Phi) is 3.15. The molecule has 0 bridgehead atoms. The van der Waals surface area contributed by atoms with E-state index in [1.165, 1.54) is 0 Å². The normalized spacial score (nSPS) is 15.2. The Morgan fingerprint density at radius 3 is 2.88 bits per heavy atom. The summed E-state index contributed by atoms with van der Waals surface area (Å²) >= 11 is 5.86. The lowest BCUT2D eigenvalue weighted by Crippen LogP contribution is -2.11. The number of Topliss-reactive ketones (excluding diaryl/α,β-unsaturated/α-hetero) is 1. The zero-order valence-corrected chi connectivity index (χ0v) is 9.46. The minimum Gasteiger partial charge on any atom is -0.490 e. The molecule has 3 nitrogen and oxygen atoms in total. The fourth-order valence-corrected chi connectivity index (χ4v) is 1.71. The van der Waals surface area contributed by atoms with E-state index in [2.05, 4.69) is 0 Å². The molecule has 1 aliphatic heterocycles. The van der Waals surface area contributed by atoms with Crippen LogP contribution >= 0.6 is 11.6 Å². The molecule has 0 spiro atoms. The Morgan fingerprint density at radius 1 is 1.44 bits per heavy atom. The molecular weight excluding hydrogens is 226 g/mol. The molecule has 2 rings (SSSR count). The quantitative estimate of drug-likeness (QED) is 0.636. The zero-order chi connectivity index (χ0) is 11.5. The zero-order valence-electron chi connectivity index (χ0n) is 8.70. The maximum Gasteiger partial charge on any atom is 0.227 e. The van der Waals surface area contributed by atoms with Gasteiger partial charge >= 0.3 is 0 Å². The highest BCUT2D eigenvalue weighted by atomic mass is 35.5. The molecule has 0 aliphatic carbocycles. The molecule has 1 aliphatic rings. The van der Waals surface area contributed by atoms with Crippen molar-refractivity contribution in [2.45, 2.75) is 12.8 Å². The van der Waals surface area contributed by atoms with Gasteiger partial charge in [-0.1, -0.05) is 11.6 Å². The summed E-state index contributed by atoms with van der Waals surface area (Å²) in [7, 11) is 0. The lowest BCUT2D eigenvalue weighted by Gasteiger charge is -2.13. The molecular formula is C12H12ClNO2. The van der Waals surface area contributed by atoms with Crippen molar-refractivity contribution in [3.8, 4) is 0 Å². The predicted molar refractivity (Wildman–Crippen MR) is 63.5 cm³/mol. The van der Waals surface area contributed by atoms with E-state index in [0.717, 1.165) is 12.8 Å². The maximum atomic E-state index is 12.0. The van der Waals surface area contributed by atoms with E-state index in [9.17, 15) is 4.79 Å². The molecule has 4 heteroatoms. The summed E-state index contributed by atoms with van der Waals surface area (Å²) in [6, 6.07) is 4.85. The summed E-state index contributed by atoms with van der Waals surface area (Å²) in [4.78, 5) is 12.0. The summed E-state index contributed by atoms with van der Waals surface area (Å²) in [5, 5.41) is 0.391. The molecule has 0 atom stereocenters. The minimum absolute atomic E-state index is 0.137. The lowest BCUT2D eigenvalue weighted by molar-refractivity contribution is 0.0899. The third kappa shape index (κ3) is 2.19. The number of carbonyl (C=O) groups excluding carboxylic acids is 1.